The summed E-state index contributed by atoms with van der Waals surface area (Å²) in [5, 5.41) is 3.36. The van der Waals surface area contributed by atoms with E-state index in [4.69, 9.17) is 11.6 Å². The second kappa shape index (κ2) is 7.48. The van der Waals surface area contributed by atoms with Crippen molar-refractivity contribution < 1.29 is 14.4 Å². The molecule has 29 heavy (non-hydrogen) atoms. The summed E-state index contributed by atoms with van der Waals surface area (Å²) in [5.41, 5.74) is 3.17. The van der Waals surface area contributed by atoms with Crippen molar-refractivity contribution in [1.82, 2.24) is 0 Å². The lowest BCUT2D eigenvalue weighted by Crippen LogP contribution is -2.33. The normalized spacial score (nSPS) is 21.1. The zero-order valence-corrected chi connectivity index (χ0v) is 17.0. The first-order valence-corrected chi connectivity index (χ1v) is 9.94. The molecule has 0 radical (unpaired) electrons. The molecular formula is C23H21ClN2O3. The third-order valence-corrected chi connectivity index (χ3v) is 5.90. The number of nitrogens with zero attached hydrogens (tertiary/aromatic N) is 1. The smallest absolute Gasteiger partial charge is 0.257 e. The summed E-state index contributed by atoms with van der Waals surface area (Å²) in [6, 6.07) is 11.9. The Labute approximate surface area is 174 Å². The zero-order chi connectivity index (χ0) is 20.7. The molecule has 0 aromatic heterocycles. The molecule has 1 aliphatic carbocycles. The van der Waals surface area contributed by atoms with E-state index in [2.05, 4.69) is 5.32 Å². The Morgan fingerprint density at radius 1 is 1.07 bits per heavy atom. The molecule has 0 unspecified atom stereocenters. The van der Waals surface area contributed by atoms with Gasteiger partial charge in [-0.1, -0.05) is 41.4 Å². The Balaban J connectivity index is 1.67. The van der Waals surface area contributed by atoms with Crippen molar-refractivity contribution in [1.29, 1.82) is 0 Å². The van der Waals surface area contributed by atoms with Crippen molar-refractivity contribution in [3.63, 3.8) is 0 Å². The van der Waals surface area contributed by atoms with Gasteiger partial charge in [-0.15, -0.1) is 0 Å². The van der Waals surface area contributed by atoms with Crippen LogP contribution in [0.15, 0.2) is 54.1 Å². The van der Waals surface area contributed by atoms with Crippen molar-refractivity contribution in [3.8, 4) is 0 Å². The molecule has 6 heteroatoms. The Hall–Kier alpha value is -2.92. The van der Waals surface area contributed by atoms with Gasteiger partial charge in [0, 0.05) is 10.7 Å². The molecule has 0 spiro atoms. The highest BCUT2D eigenvalue weighted by atomic mass is 35.5. The van der Waals surface area contributed by atoms with Crippen LogP contribution in [-0.4, -0.2) is 17.7 Å². The van der Waals surface area contributed by atoms with Crippen LogP contribution in [0.3, 0.4) is 0 Å². The van der Waals surface area contributed by atoms with Crippen molar-refractivity contribution in [2.45, 2.75) is 26.7 Å². The van der Waals surface area contributed by atoms with Crippen LogP contribution in [0.2, 0.25) is 5.02 Å². The van der Waals surface area contributed by atoms with Gasteiger partial charge in [0.05, 0.1) is 23.1 Å². The largest absolute Gasteiger partial charge is 0.322 e. The number of hydrogen-bond donors (Lipinski definition) is 1. The van der Waals surface area contributed by atoms with Crippen LogP contribution in [0.5, 0.6) is 0 Å². The van der Waals surface area contributed by atoms with Crippen molar-refractivity contribution in [3.05, 3.63) is 70.3 Å². The number of imide groups is 1. The first-order chi connectivity index (χ1) is 13.9. The summed E-state index contributed by atoms with van der Waals surface area (Å²) < 4.78 is 0. The van der Waals surface area contributed by atoms with Crippen LogP contribution < -0.4 is 10.2 Å². The van der Waals surface area contributed by atoms with Gasteiger partial charge < -0.3 is 5.32 Å². The van der Waals surface area contributed by atoms with E-state index in [0.29, 0.717) is 29.2 Å². The van der Waals surface area contributed by atoms with Gasteiger partial charge in [-0.05, 0) is 56.5 Å². The molecule has 4 rings (SSSR count). The number of halogens is 1. The topological polar surface area (TPSA) is 66.5 Å². The monoisotopic (exact) mass is 408 g/mol. The molecule has 5 nitrogen and oxygen atoms in total. The number of para-hydroxylation sites is 1. The first-order valence-electron chi connectivity index (χ1n) is 9.57. The molecule has 2 atom stereocenters. The van der Waals surface area contributed by atoms with E-state index < -0.39 is 5.91 Å². The van der Waals surface area contributed by atoms with Gasteiger partial charge >= 0.3 is 0 Å². The third kappa shape index (κ3) is 3.47. The Bertz CT molecular complexity index is 1060. The van der Waals surface area contributed by atoms with Gasteiger partial charge in [-0.2, -0.15) is 0 Å². The number of aryl methyl sites for hydroxylation is 1. The maximum Gasteiger partial charge on any atom is 0.257 e. The van der Waals surface area contributed by atoms with Crippen molar-refractivity contribution in [2.75, 3.05) is 10.2 Å². The predicted octanol–water partition coefficient (Wildman–Crippen LogP) is 4.75. The average molecular weight is 409 g/mol. The third-order valence-electron chi connectivity index (χ3n) is 5.66. The molecule has 3 amide bonds. The number of benzene rings is 2. The van der Waals surface area contributed by atoms with E-state index in [1.54, 1.807) is 36.4 Å². The summed E-state index contributed by atoms with van der Waals surface area (Å²) in [4.78, 5) is 40.3. The van der Waals surface area contributed by atoms with E-state index in [-0.39, 0.29) is 29.2 Å². The number of rotatable bonds is 3. The second-order valence-electron chi connectivity index (χ2n) is 7.65. The molecular weight excluding hydrogens is 388 g/mol. The quantitative estimate of drug-likeness (QED) is 0.588. The Kier molecular flexibility index (Phi) is 5.01. The number of fused-ring (bicyclic) bond motifs is 1. The molecule has 2 aliphatic rings. The van der Waals surface area contributed by atoms with Crippen LogP contribution in [0.4, 0.5) is 11.4 Å². The van der Waals surface area contributed by atoms with Gasteiger partial charge in [-0.25, -0.2) is 4.90 Å². The maximum atomic E-state index is 13.1. The Morgan fingerprint density at radius 3 is 2.59 bits per heavy atom. The van der Waals surface area contributed by atoms with E-state index in [9.17, 15) is 14.4 Å². The molecule has 1 N–H and O–H groups in total. The zero-order valence-electron chi connectivity index (χ0n) is 16.2. The van der Waals surface area contributed by atoms with Crippen LogP contribution in [0.25, 0.3) is 0 Å². The van der Waals surface area contributed by atoms with Crippen LogP contribution in [-0.2, 0) is 9.59 Å². The van der Waals surface area contributed by atoms with Crippen molar-refractivity contribution in [2.24, 2.45) is 11.8 Å². The lowest BCUT2D eigenvalue weighted by molar-refractivity contribution is -0.122. The summed E-state index contributed by atoms with van der Waals surface area (Å²) in [7, 11) is 0. The summed E-state index contributed by atoms with van der Waals surface area (Å²) in [6.07, 6.45) is 3.17. The lowest BCUT2D eigenvalue weighted by Gasteiger charge is -2.19. The van der Waals surface area contributed by atoms with Gasteiger partial charge in [0.25, 0.3) is 5.91 Å². The van der Waals surface area contributed by atoms with Gasteiger partial charge in [0.1, 0.15) is 0 Å². The standard InChI is InChI=1S/C23H21ClN2O3/c1-13-7-10-16-18(11-13)23(29)26(22(16)28)20-6-4-3-5-17(20)21(27)25-19-12-15(24)9-8-14(19)2/h3-9,12,16,18H,10-11H2,1-2H3,(H,25,27)/t16-,18+/m1/s1. The fourth-order valence-electron chi connectivity index (χ4n) is 4.05. The minimum atomic E-state index is -0.393. The molecule has 148 valence electrons. The number of hydrogen-bond acceptors (Lipinski definition) is 3. The molecule has 2 aromatic carbocycles. The Morgan fingerprint density at radius 2 is 1.79 bits per heavy atom. The highest BCUT2D eigenvalue weighted by Crippen LogP contribution is 2.40. The van der Waals surface area contributed by atoms with Crippen LogP contribution in [0, 0.1) is 18.8 Å². The predicted molar refractivity (Wildman–Crippen MR) is 113 cm³/mol. The fourth-order valence-corrected chi connectivity index (χ4v) is 4.23. The van der Waals surface area contributed by atoms with E-state index in [1.807, 2.05) is 26.0 Å². The van der Waals surface area contributed by atoms with Gasteiger partial charge in [0.15, 0.2) is 0 Å². The summed E-state index contributed by atoms with van der Waals surface area (Å²) in [6.45, 7) is 3.84. The molecule has 1 aliphatic heterocycles. The number of anilines is 2. The van der Waals surface area contributed by atoms with E-state index in [0.717, 1.165) is 11.1 Å². The number of carbonyl (C=O) groups excluding carboxylic acids is 3. The molecule has 1 saturated heterocycles. The molecule has 1 heterocycles. The molecule has 1 fully saturated rings. The SMILES string of the molecule is CC1=CC[C@H]2C(=O)N(c3ccccc3C(=O)Nc3cc(Cl)ccc3C)C(=O)[C@H]2C1. The van der Waals surface area contributed by atoms with Gasteiger partial charge in [0.2, 0.25) is 11.8 Å². The summed E-state index contributed by atoms with van der Waals surface area (Å²) in [5.74, 6) is -1.55. The maximum absolute atomic E-state index is 13.1. The highest BCUT2D eigenvalue weighted by molar-refractivity contribution is 6.31. The summed E-state index contributed by atoms with van der Waals surface area (Å²) >= 11 is 6.05. The molecule has 0 saturated carbocycles. The molecule has 0 bridgehead atoms. The van der Waals surface area contributed by atoms with E-state index >= 15 is 0 Å². The van der Waals surface area contributed by atoms with Gasteiger partial charge in [-0.3, -0.25) is 14.4 Å². The number of nitrogens with one attached hydrogen (secondary N) is 1. The fraction of sp³-hybridized carbons (Fsp3) is 0.261. The number of allylic oxidation sites excluding steroid dienone is 2. The van der Waals surface area contributed by atoms with Crippen molar-refractivity contribution >= 4 is 40.7 Å². The lowest BCUT2D eigenvalue weighted by atomic mass is 9.82. The minimum Gasteiger partial charge on any atom is -0.322 e. The highest BCUT2D eigenvalue weighted by Gasteiger charge is 2.49. The van der Waals surface area contributed by atoms with Crippen LogP contribution >= 0.6 is 11.6 Å². The first kappa shape index (κ1) is 19.4. The number of carbonyl (C=O) groups is 3. The minimum absolute atomic E-state index is 0.230. The second-order valence-corrected chi connectivity index (χ2v) is 8.08. The van der Waals surface area contributed by atoms with Crippen LogP contribution in [0.1, 0.15) is 35.7 Å². The number of amides is 3. The van der Waals surface area contributed by atoms with E-state index in [1.165, 1.54) is 4.90 Å². The average Bonchev–Trinajstić information content (AvgIpc) is 2.94. The molecule has 2 aromatic rings.